The normalized spacial score (nSPS) is 11.0. The maximum Gasteiger partial charge on any atom is 0.267 e. The Hall–Kier alpha value is -3.10. The van der Waals surface area contributed by atoms with Gasteiger partial charge in [-0.2, -0.15) is 0 Å². The van der Waals surface area contributed by atoms with Gasteiger partial charge in [-0.15, -0.1) is 11.3 Å². The Balaban J connectivity index is 1.60. The molecule has 6 nitrogen and oxygen atoms in total. The number of nitrogens with one attached hydrogen (secondary N) is 1. The summed E-state index contributed by atoms with van der Waals surface area (Å²) in [6, 6.07) is 16.6. The molecule has 164 valence electrons. The van der Waals surface area contributed by atoms with Crippen LogP contribution in [0.4, 0.5) is 5.69 Å². The van der Waals surface area contributed by atoms with Gasteiger partial charge in [-0.3, -0.25) is 14.2 Å². The lowest BCUT2D eigenvalue weighted by molar-refractivity contribution is -0.113. The van der Waals surface area contributed by atoms with E-state index in [4.69, 9.17) is 9.72 Å². The number of thiophene rings is 1. The molecule has 0 saturated carbocycles. The van der Waals surface area contributed by atoms with E-state index in [1.165, 1.54) is 23.1 Å². The SMILES string of the molecule is CCOc1ccc(NC(=O)CSc2nc3sc(C)c(C)c3c(=O)n2-c2ccccc2)cc1. The molecule has 4 aromatic rings. The van der Waals surface area contributed by atoms with Gasteiger partial charge < -0.3 is 10.1 Å². The summed E-state index contributed by atoms with van der Waals surface area (Å²) in [6.45, 7) is 6.45. The largest absolute Gasteiger partial charge is 0.494 e. The van der Waals surface area contributed by atoms with E-state index >= 15 is 0 Å². The number of anilines is 1. The number of fused-ring (bicyclic) bond motifs is 1. The second-order valence-electron chi connectivity index (χ2n) is 7.13. The van der Waals surface area contributed by atoms with Crippen LogP contribution in [0.2, 0.25) is 0 Å². The Morgan fingerprint density at radius 3 is 2.53 bits per heavy atom. The van der Waals surface area contributed by atoms with Crippen molar-refractivity contribution in [2.45, 2.75) is 25.9 Å². The first kappa shape index (κ1) is 22.1. The van der Waals surface area contributed by atoms with Crippen LogP contribution in [0.1, 0.15) is 17.4 Å². The Morgan fingerprint density at radius 1 is 1.12 bits per heavy atom. The number of hydrogen-bond donors (Lipinski definition) is 1. The lowest BCUT2D eigenvalue weighted by Gasteiger charge is -2.12. The van der Waals surface area contributed by atoms with Gasteiger partial charge in [0.15, 0.2) is 5.16 Å². The summed E-state index contributed by atoms with van der Waals surface area (Å²) >= 11 is 2.75. The molecule has 32 heavy (non-hydrogen) atoms. The highest BCUT2D eigenvalue weighted by molar-refractivity contribution is 7.99. The molecule has 1 amide bonds. The Labute approximate surface area is 194 Å². The monoisotopic (exact) mass is 465 g/mol. The van der Waals surface area contributed by atoms with Crippen LogP contribution in [0.3, 0.4) is 0 Å². The first-order valence-electron chi connectivity index (χ1n) is 10.2. The highest BCUT2D eigenvalue weighted by Crippen LogP contribution is 2.29. The van der Waals surface area contributed by atoms with Crippen LogP contribution in [0, 0.1) is 13.8 Å². The fourth-order valence-corrected chi connectivity index (χ4v) is 5.19. The molecule has 0 aliphatic heterocycles. The van der Waals surface area contributed by atoms with Crippen molar-refractivity contribution in [3.63, 3.8) is 0 Å². The number of carbonyl (C=O) groups excluding carboxylic acids is 1. The highest BCUT2D eigenvalue weighted by Gasteiger charge is 2.18. The highest BCUT2D eigenvalue weighted by atomic mass is 32.2. The Kier molecular flexibility index (Phi) is 6.62. The topological polar surface area (TPSA) is 73.2 Å². The minimum atomic E-state index is -0.174. The molecule has 0 radical (unpaired) electrons. The van der Waals surface area contributed by atoms with Crippen LogP contribution in [-0.2, 0) is 4.79 Å². The van der Waals surface area contributed by atoms with E-state index in [0.717, 1.165) is 21.9 Å². The molecular weight excluding hydrogens is 442 g/mol. The molecule has 0 spiro atoms. The molecule has 0 unspecified atom stereocenters. The van der Waals surface area contributed by atoms with Gasteiger partial charge in [-0.25, -0.2) is 4.98 Å². The number of nitrogens with zero attached hydrogens (tertiary/aromatic N) is 2. The number of rotatable bonds is 7. The molecule has 0 fully saturated rings. The van der Waals surface area contributed by atoms with Gasteiger partial charge in [0.2, 0.25) is 5.91 Å². The third-order valence-corrected chi connectivity index (χ3v) is 7.01. The van der Waals surface area contributed by atoms with Crippen LogP contribution >= 0.6 is 23.1 Å². The number of aryl methyl sites for hydroxylation is 2. The van der Waals surface area contributed by atoms with Crippen LogP contribution in [-0.4, -0.2) is 27.8 Å². The van der Waals surface area contributed by atoms with Crippen molar-refractivity contribution in [1.82, 2.24) is 9.55 Å². The maximum absolute atomic E-state index is 13.4. The molecule has 2 aromatic carbocycles. The van der Waals surface area contributed by atoms with Gasteiger partial charge in [0, 0.05) is 10.6 Å². The van der Waals surface area contributed by atoms with E-state index in [0.29, 0.717) is 27.7 Å². The summed E-state index contributed by atoms with van der Waals surface area (Å²) in [5.74, 6) is 0.707. The van der Waals surface area contributed by atoms with Crippen LogP contribution in [0.5, 0.6) is 5.75 Å². The zero-order chi connectivity index (χ0) is 22.7. The smallest absolute Gasteiger partial charge is 0.267 e. The Bertz CT molecular complexity index is 1310. The summed E-state index contributed by atoms with van der Waals surface area (Å²) < 4.78 is 7.02. The number of benzene rings is 2. The number of ether oxygens (including phenoxy) is 1. The fraction of sp³-hybridized carbons (Fsp3) is 0.208. The van der Waals surface area contributed by atoms with Gasteiger partial charge >= 0.3 is 0 Å². The number of hydrogen-bond acceptors (Lipinski definition) is 6. The summed E-state index contributed by atoms with van der Waals surface area (Å²) in [6.07, 6.45) is 0. The van der Waals surface area contributed by atoms with Crippen LogP contribution in [0.25, 0.3) is 15.9 Å². The fourth-order valence-electron chi connectivity index (χ4n) is 3.31. The predicted octanol–water partition coefficient (Wildman–Crippen LogP) is 5.19. The molecular formula is C24H23N3O3S2. The van der Waals surface area contributed by atoms with Gasteiger partial charge in [0.05, 0.1) is 23.4 Å². The summed E-state index contributed by atoms with van der Waals surface area (Å²) in [5.41, 5.74) is 2.26. The summed E-state index contributed by atoms with van der Waals surface area (Å²) in [4.78, 5) is 32.5. The minimum absolute atomic E-state index is 0.113. The summed E-state index contributed by atoms with van der Waals surface area (Å²) in [7, 11) is 0. The van der Waals surface area contributed by atoms with Crippen molar-refractivity contribution in [2.24, 2.45) is 0 Å². The van der Waals surface area contributed by atoms with E-state index in [2.05, 4.69) is 5.32 Å². The number of thioether (sulfide) groups is 1. The van der Waals surface area contributed by atoms with Crippen molar-refractivity contribution >= 4 is 44.9 Å². The van der Waals surface area contributed by atoms with Gasteiger partial charge in [-0.1, -0.05) is 30.0 Å². The molecule has 1 N–H and O–H groups in total. The Morgan fingerprint density at radius 2 is 1.84 bits per heavy atom. The quantitative estimate of drug-likeness (QED) is 0.300. The lowest BCUT2D eigenvalue weighted by Crippen LogP contribution is -2.22. The average molecular weight is 466 g/mol. The predicted molar refractivity (Wildman–Crippen MR) is 132 cm³/mol. The van der Waals surface area contributed by atoms with Gasteiger partial charge in [0.1, 0.15) is 10.6 Å². The third kappa shape index (κ3) is 4.56. The molecule has 2 heterocycles. The molecule has 0 atom stereocenters. The van der Waals surface area contributed by atoms with Crippen molar-refractivity contribution < 1.29 is 9.53 Å². The average Bonchev–Trinajstić information content (AvgIpc) is 3.08. The van der Waals surface area contributed by atoms with Gasteiger partial charge in [0.25, 0.3) is 5.56 Å². The zero-order valence-electron chi connectivity index (χ0n) is 18.0. The van der Waals surface area contributed by atoms with E-state index in [9.17, 15) is 9.59 Å². The molecule has 4 rings (SSSR count). The van der Waals surface area contributed by atoms with E-state index in [1.807, 2.05) is 63.2 Å². The molecule has 8 heteroatoms. The van der Waals surface area contributed by atoms with Crippen molar-refractivity contribution in [3.8, 4) is 11.4 Å². The third-order valence-electron chi connectivity index (χ3n) is 4.97. The number of aromatic nitrogens is 2. The number of amides is 1. The first-order valence-corrected chi connectivity index (χ1v) is 12.0. The summed E-state index contributed by atoms with van der Waals surface area (Å²) in [5, 5.41) is 4.01. The van der Waals surface area contributed by atoms with Crippen molar-refractivity contribution in [3.05, 3.63) is 75.4 Å². The molecule has 0 aliphatic carbocycles. The van der Waals surface area contributed by atoms with Crippen LogP contribution in [0.15, 0.2) is 64.5 Å². The zero-order valence-corrected chi connectivity index (χ0v) is 19.7. The second kappa shape index (κ2) is 9.58. The number of carbonyl (C=O) groups is 1. The lowest BCUT2D eigenvalue weighted by atomic mass is 10.2. The number of para-hydroxylation sites is 1. The van der Waals surface area contributed by atoms with E-state index in [1.54, 1.807) is 16.7 Å². The van der Waals surface area contributed by atoms with Gasteiger partial charge in [-0.05, 0) is 62.7 Å². The molecule has 0 bridgehead atoms. The second-order valence-corrected chi connectivity index (χ2v) is 9.27. The molecule has 2 aromatic heterocycles. The molecule has 0 aliphatic rings. The van der Waals surface area contributed by atoms with E-state index < -0.39 is 0 Å². The van der Waals surface area contributed by atoms with E-state index in [-0.39, 0.29) is 17.2 Å². The minimum Gasteiger partial charge on any atom is -0.494 e. The first-order chi connectivity index (χ1) is 15.5. The van der Waals surface area contributed by atoms with Crippen LogP contribution < -0.4 is 15.6 Å². The van der Waals surface area contributed by atoms with Crippen molar-refractivity contribution in [1.29, 1.82) is 0 Å². The van der Waals surface area contributed by atoms with Crippen molar-refractivity contribution in [2.75, 3.05) is 17.7 Å². The standard InChI is InChI=1S/C24H23N3O3S2/c1-4-30-19-12-10-17(11-13-19)25-20(28)14-31-24-26-22-21(15(2)16(3)32-22)23(29)27(24)18-8-6-5-7-9-18/h5-13H,4,14H2,1-3H3,(H,25,28). The maximum atomic E-state index is 13.4. The molecule has 0 saturated heterocycles.